The Bertz CT molecular complexity index is 965. The van der Waals surface area contributed by atoms with Crippen molar-refractivity contribution in [2.45, 2.75) is 25.5 Å². The van der Waals surface area contributed by atoms with E-state index in [-0.39, 0.29) is 5.56 Å². The van der Waals surface area contributed by atoms with Crippen LogP contribution in [-0.2, 0) is 12.1 Å². The van der Waals surface area contributed by atoms with Crippen molar-refractivity contribution < 1.29 is 5.11 Å². The van der Waals surface area contributed by atoms with Crippen molar-refractivity contribution in [3.63, 3.8) is 0 Å². The summed E-state index contributed by atoms with van der Waals surface area (Å²) in [7, 11) is 0. The number of fused-ring (bicyclic) bond motifs is 1. The predicted molar refractivity (Wildman–Crippen MR) is 99.5 cm³/mol. The van der Waals surface area contributed by atoms with E-state index < -0.39 is 5.60 Å². The summed E-state index contributed by atoms with van der Waals surface area (Å²) in [4.78, 5) is 17.5. The van der Waals surface area contributed by atoms with Crippen LogP contribution in [0, 0.1) is 6.92 Å². The molecular weight excluding hydrogens is 312 g/mol. The Hall–Kier alpha value is -2.43. The number of aryl methyl sites for hydroxylation is 1. The molecule has 0 saturated carbocycles. The van der Waals surface area contributed by atoms with E-state index in [9.17, 15) is 9.90 Å². The fourth-order valence-corrected chi connectivity index (χ4v) is 3.72. The first kappa shape index (κ1) is 16.1. The maximum Gasteiger partial charge on any atom is 0.252 e. The van der Waals surface area contributed by atoms with Crippen LogP contribution in [0.15, 0.2) is 59.4 Å². The second-order valence-corrected chi connectivity index (χ2v) is 7.07. The number of pyridine rings is 1. The number of H-pyrrole nitrogens is 1. The molecule has 2 heterocycles. The van der Waals surface area contributed by atoms with Crippen molar-refractivity contribution in [3.05, 3.63) is 81.6 Å². The van der Waals surface area contributed by atoms with Crippen molar-refractivity contribution in [1.29, 1.82) is 0 Å². The Morgan fingerprint density at radius 1 is 1.16 bits per heavy atom. The van der Waals surface area contributed by atoms with E-state index in [1.807, 2.05) is 55.5 Å². The number of aromatic amines is 1. The zero-order chi connectivity index (χ0) is 17.4. The molecule has 0 bridgehead atoms. The Labute approximate surface area is 146 Å². The van der Waals surface area contributed by atoms with Gasteiger partial charge in [-0.2, -0.15) is 0 Å². The van der Waals surface area contributed by atoms with Gasteiger partial charge in [0.2, 0.25) is 0 Å². The van der Waals surface area contributed by atoms with Crippen LogP contribution >= 0.6 is 0 Å². The van der Waals surface area contributed by atoms with Crippen molar-refractivity contribution in [2.24, 2.45) is 0 Å². The zero-order valence-corrected chi connectivity index (χ0v) is 14.3. The second-order valence-electron chi connectivity index (χ2n) is 7.07. The summed E-state index contributed by atoms with van der Waals surface area (Å²) >= 11 is 0. The molecule has 2 aromatic carbocycles. The number of nitrogens with zero attached hydrogens (tertiary/aromatic N) is 1. The summed E-state index contributed by atoms with van der Waals surface area (Å²) in [6.07, 6.45) is 0.682. The molecule has 128 valence electrons. The molecule has 3 aromatic rings. The zero-order valence-electron chi connectivity index (χ0n) is 14.3. The molecule has 1 fully saturated rings. The van der Waals surface area contributed by atoms with Gasteiger partial charge >= 0.3 is 0 Å². The summed E-state index contributed by atoms with van der Waals surface area (Å²) in [5.41, 5.74) is 2.84. The van der Waals surface area contributed by atoms with Crippen molar-refractivity contribution in [1.82, 2.24) is 9.88 Å². The lowest BCUT2D eigenvalue weighted by Crippen LogP contribution is -2.31. The summed E-state index contributed by atoms with van der Waals surface area (Å²) in [5, 5.41) is 12.0. The molecule has 1 atom stereocenters. The molecule has 2 N–H and O–H groups in total. The normalized spacial score (nSPS) is 21.0. The van der Waals surface area contributed by atoms with Gasteiger partial charge in [0.25, 0.3) is 5.56 Å². The largest absolute Gasteiger partial charge is 0.384 e. The van der Waals surface area contributed by atoms with Crippen LogP contribution in [-0.4, -0.2) is 28.1 Å². The summed E-state index contributed by atoms with van der Waals surface area (Å²) in [5.74, 6) is 0. The van der Waals surface area contributed by atoms with Gasteiger partial charge in [-0.15, -0.1) is 0 Å². The number of aliphatic hydroxyl groups is 1. The van der Waals surface area contributed by atoms with Crippen molar-refractivity contribution >= 4 is 10.9 Å². The fraction of sp³-hybridized carbons (Fsp3) is 0.286. The highest BCUT2D eigenvalue weighted by molar-refractivity contribution is 5.79. The molecule has 25 heavy (non-hydrogen) atoms. The Morgan fingerprint density at radius 3 is 2.76 bits per heavy atom. The van der Waals surface area contributed by atoms with E-state index >= 15 is 0 Å². The van der Waals surface area contributed by atoms with Crippen LogP contribution in [0.2, 0.25) is 0 Å². The molecule has 1 aliphatic rings. The number of β-amino-alcohol motifs (C(OH)–C–C–N with tert-alkyl or cyclic N) is 1. The van der Waals surface area contributed by atoms with Gasteiger partial charge < -0.3 is 10.1 Å². The number of nitrogens with one attached hydrogen (secondary N) is 1. The molecule has 1 aromatic heterocycles. The maximum atomic E-state index is 12.4. The van der Waals surface area contributed by atoms with Gasteiger partial charge in [-0.05, 0) is 42.5 Å². The van der Waals surface area contributed by atoms with Gasteiger partial charge in [-0.25, -0.2) is 0 Å². The van der Waals surface area contributed by atoms with Gasteiger partial charge in [0.05, 0.1) is 0 Å². The lowest BCUT2D eigenvalue weighted by atomic mass is 9.93. The summed E-state index contributed by atoms with van der Waals surface area (Å²) in [6.45, 7) is 3.91. The van der Waals surface area contributed by atoms with E-state index in [1.54, 1.807) is 0 Å². The van der Waals surface area contributed by atoms with Gasteiger partial charge in [0.1, 0.15) is 5.60 Å². The first-order valence-corrected chi connectivity index (χ1v) is 8.66. The number of likely N-dealkylation sites (tertiary alicyclic amines) is 1. The standard InChI is InChI=1S/C21H22N2O2/c1-15-7-8-19-16(11-15)12-17(20(24)22-19)13-23-10-9-21(25,14-23)18-5-3-2-4-6-18/h2-8,11-12,25H,9-10,13-14H2,1H3,(H,22,24)/t21-/m1/s1. The molecule has 0 spiro atoms. The third-order valence-corrected chi connectivity index (χ3v) is 5.11. The lowest BCUT2D eigenvalue weighted by molar-refractivity contribution is 0.0452. The van der Waals surface area contributed by atoms with Crippen LogP contribution in [0.4, 0.5) is 0 Å². The predicted octanol–water partition coefficient (Wildman–Crippen LogP) is 2.93. The molecule has 4 heteroatoms. The molecule has 4 rings (SSSR count). The van der Waals surface area contributed by atoms with Crippen molar-refractivity contribution in [3.8, 4) is 0 Å². The SMILES string of the molecule is Cc1ccc2[nH]c(=O)c(CN3CC[C@](O)(c4ccccc4)C3)cc2c1. The van der Waals surface area contributed by atoms with E-state index in [0.717, 1.165) is 28.6 Å². The van der Waals surface area contributed by atoms with Crippen LogP contribution in [0.3, 0.4) is 0 Å². The third kappa shape index (κ3) is 3.11. The van der Waals surface area contributed by atoms with Gasteiger partial charge in [-0.3, -0.25) is 9.69 Å². The molecule has 0 aliphatic carbocycles. The molecule has 4 nitrogen and oxygen atoms in total. The minimum absolute atomic E-state index is 0.0495. The van der Waals surface area contributed by atoms with Crippen molar-refractivity contribution in [2.75, 3.05) is 13.1 Å². The average Bonchev–Trinajstić information content (AvgIpc) is 2.99. The summed E-state index contributed by atoms with van der Waals surface area (Å²) < 4.78 is 0. The van der Waals surface area contributed by atoms with E-state index in [0.29, 0.717) is 19.5 Å². The lowest BCUT2D eigenvalue weighted by Gasteiger charge is -2.24. The van der Waals surface area contributed by atoms with Gasteiger partial charge in [0.15, 0.2) is 0 Å². The Balaban J connectivity index is 1.58. The number of aromatic nitrogens is 1. The first-order valence-electron chi connectivity index (χ1n) is 8.66. The smallest absolute Gasteiger partial charge is 0.252 e. The molecular formula is C21H22N2O2. The highest BCUT2D eigenvalue weighted by Crippen LogP contribution is 2.32. The van der Waals surface area contributed by atoms with Gasteiger partial charge in [-0.1, -0.05) is 42.0 Å². The third-order valence-electron chi connectivity index (χ3n) is 5.11. The van der Waals surface area contributed by atoms with Crippen LogP contribution in [0.1, 0.15) is 23.1 Å². The number of hydrogen-bond donors (Lipinski definition) is 2. The molecule has 1 aliphatic heterocycles. The topological polar surface area (TPSA) is 56.3 Å². The fourth-order valence-electron chi connectivity index (χ4n) is 3.72. The Kier molecular flexibility index (Phi) is 3.94. The first-order chi connectivity index (χ1) is 12.0. The number of hydrogen-bond acceptors (Lipinski definition) is 3. The van der Waals surface area contributed by atoms with Crippen LogP contribution < -0.4 is 5.56 Å². The molecule has 0 unspecified atom stereocenters. The summed E-state index contributed by atoms with van der Waals surface area (Å²) in [6, 6.07) is 17.8. The monoisotopic (exact) mass is 334 g/mol. The average molecular weight is 334 g/mol. The highest BCUT2D eigenvalue weighted by atomic mass is 16.3. The number of rotatable bonds is 3. The molecule has 0 amide bonds. The van der Waals surface area contributed by atoms with Crippen LogP contribution in [0.25, 0.3) is 10.9 Å². The molecule has 0 radical (unpaired) electrons. The quantitative estimate of drug-likeness (QED) is 0.774. The van der Waals surface area contributed by atoms with E-state index in [1.165, 1.54) is 5.56 Å². The van der Waals surface area contributed by atoms with Crippen LogP contribution in [0.5, 0.6) is 0 Å². The number of benzene rings is 2. The minimum atomic E-state index is -0.832. The van der Waals surface area contributed by atoms with E-state index in [4.69, 9.17) is 0 Å². The van der Waals surface area contributed by atoms with E-state index in [2.05, 4.69) is 16.0 Å². The van der Waals surface area contributed by atoms with Gasteiger partial charge in [0, 0.05) is 30.7 Å². The molecule has 1 saturated heterocycles. The maximum absolute atomic E-state index is 12.4. The minimum Gasteiger partial charge on any atom is -0.384 e. The highest BCUT2D eigenvalue weighted by Gasteiger charge is 2.37. The Morgan fingerprint density at radius 2 is 1.96 bits per heavy atom. The second kappa shape index (κ2) is 6.14.